The maximum absolute atomic E-state index is 4.62. The molecule has 3 aromatic rings. The maximum Gasteiger partial charge on any atom is 0.206 e. The number of imidazole rings is 1. The highest BCUT2D eigenvalue weighted by atomic mass is 15.1. The van der Waals surface area contributed by atoms with E-state index in [0.29, 0.717) is 5.95 Å². The minimum absolute atomic E-state index is 0.688. The van der Waals surface area contributed by atoms with E-state index in [-0.39, 0.29) is 0 Å². The molecule has 5 nitrogen and oxygen atoms in total. The van der Waals surface area contributed by atoms with Crippen molar-refractivity contribution in [3.63, 3.8) is 0 Å². The number of rotatable bonds is 7. The molecule has 0 aliphatic carbocycles. The van der Waals surface area contributed by atoms with E-state index < -0.39 is 0 Å². The second kappa shape index (κ2) is 8.45. The van der Waals surface area contributed by atoms with Crippen LogP contribution in [-0.4, -0.2) is 21.2 Å². The third kappa shape index (κ3) is 4.31. The van der Waals surface area contributed by atoms with E-state index in [0.717, 1.165) is 35.3 Å². The molecule has 0 spiro atoms. The van der Waals surface area contributed by atoms with Crippen molar-refractivity contribution in [2.75, 3.05) is 5.32 Å². The molecule has 138 valence electrons. The lowest BCUT2D eigenvalue weighted by Crippen LogP contribution is -1.95. The molecule has 0 saturated carbocycles. The molecule has 0 saturated heterocycles. The van der Waals surface area contributed by atoms with Crippen LogP contribution in [0.5, 0.6) is 0 Å². The molecule has 5 heteroatoms. The zero-order valence-electron chi connectivity index (χ0n) is 16.1. The van der Waals surface area contributed by atoms with E-state index in [1.165, 1.54) is 16.7 Å². The molecule has 1 aromatic carbocycles. The Morgan fingerprint density at radius 3 is 2.85 bits per heavy atom. The number of hydrogen-bond donors (Lipinski definition) is 2. The van der Waals surface area contributed by atoms with Gasteiger partial charge in [-0.25, -0.2) is 9.97 Å². The number of allylic oxidation sites excluding steroid dienone is 2. The van der Waals surface area contributed by atoms with E-state index in [9.17, 15) is 0 Å². The summed E-state index contributed by atoms with van der Waals surface area (Å²) < 4.78 is 0. The Bertz CT molecular complexity index is 1010. The number of aromatic amines is 1. The zero-order chi connectivity index (χ0) is 19.2. The van der Waals surface area contributed by atoms with Crippen LogP contribution in [0.2, 0.25) is 0 Å². The minimum Gasteiger partial charge on any atom is -0.324 e. The van der Waals surface area contributed by atoms with E-state index in [4.69, 9.17) is 0 Å². The van der Waals surface area contributed by atoms with Gasteiger partial charge in [0, 0.05) is 18.6 Å². The first-order valence-electron chi connectivity index (χ1n) is 9.20. The lowest BCUT2D eigenvalue weighted by molar-refractivity contribution is 1.11. The van der Waals surface area contributed by atoms with Gasteiger partial charge >= 0.3 is 0 Å². The maximum atomic E-state index is 4.62. The average molecular weight is 359 g/mol. The van der Waals surface area contributed by atoms with Crippen LogP contribution in [0.1, 0.15) is 38.3 Å². The summed E-state index contributed by atoms with van der Waals surface area (Å²) in [6.07, 6.45) is 7.13. The molecule has 3 rings (SSSR count). The molecule has 0 atom stereocenters. The molecular formula is C22H25N5. The van der Waals surface area contributed by atoms with Gasteiger partial charge in [-0.3, -0.25) is 4.99 Å². The number of nitrogens with zero attached hydrogens (tertiary/aromatic N) is 3. The van der Waals surface area contributed by atoms with Crippen LogP contribution in [0.25, 0.3) is 16.6 Å². The van der Waals surface area contributed by atoms with Crippen LogP contribution in [0.15, 0.2) is 59.9 Å². The molecule has 0 bridgehead atoms. The van der Waals surface area contributed by atoms with Crippen LogP contribution in [0.3, 0.4) is 0 Å². The molecule has 0 radical (unpaired) electrons. The van der Waals surface area contributed by atoms with Gasteiger partial charge in [0.25, 0.3) is 0 Å². The van der Waals surface area contributed by atoms with Gasteiger partial charge in [0.1, 0.15) is 5.82 Å². The summed E-state index contributed by atoms with van der Waals surface area (Å²) in [5.41, 5.74) is 6.67. The Kier molecular flexibility index (Phi) is 5.81. The summed E-state index contributed by atoms with van der Waals surface area (Å²) in [6.45, 7) is 10.0. The first-order valence-corrected chi connectivity index (χ1v) is 9.20. The van der Waals surface area contributed by atoms with Gasteiger partial charge in [0.15, 0.2) is 0 Å². The van der Waals surface area contributed by atoms with E-state index in [1.807, 2.05) is 30.6 Å². The van der Waals surface area contributed by atoms with Crippen molar-refractivity contribution in [1.29, 1.82) is 0 Å². The fraction of sp³-hybridized carbons (Fsp3) is 0.227. The van der Waals surface area contributed by atoms with Crippen molar-refractivity contribution >= 4 is 34.6 Å². The third-order valence-corrected chi connectivity index (χ3v) is 4.59. The van der Waals surface area contributed by atoms with Gasteiger partial charge in [0.05, 0.1) is 11.0 Å². The van der Waals surface area contributed by atoms with E-state index in [1.54, 1.807) is 6.20 Å². The van der Waals surface area contributed by atoms with Gasteiger partial charge in [-0.05, 0) is 66.3 Å². The summed E-state index contributed by atoms with van der Waals surface area (Å²) in [4.78, 5) is 16.5. The first kappa shape index (κ1) is 18.6. The van der Waals surface area contributed by atoms with Crippen LogP contribution < -0.4 is 5.32 Å². The summed E-state index contributed by atoms with van der Waals surface area (Å²) in [7, 11) is 0. The quantitative estimate of drug-likeness (QED) is 0.535. The molecule has 0 fully saturated rings. The highest BCUT2D eigenvalue weighted by Crippen LogP contribution is 2.25. The molecule has 2 aromatic heterocycles. The largest absolute Gasteiger partial charge is 0.324 e. The second-order valence-electron chi connectivity index (χ2n) is 6.31. The van der Waals surface area contributed by atoms with Crippen molar-refractivity contribution in [3.8, 4) is 0 Å². The Hall–Kier alpha value is -3.21. The standard InChI is InChI=1S/C22H25N5/c1-5-16-10-11-24-21(12-16)27-22-25-19-9-8-18(13-20(19)26-22)15(4)17(6-2)14-23-7-3/h7-14H,3,5-6H2,1-2,4H3,(H2,24,25,26,27)/b17-15+,23-14?. The van der Waals surface area contributed by atoms with Gasteiger partial charge in [-0.1, -0.05) is 26.5 Å². The summed E-state index contributed by atoms with van der Waals surface area (Å²) in [5.74, 6) is 1.48. The number of aryl methyl sites for hydroxylation is 1. The van der Waals surface area contributed by atoms with Crippen molar-refractivity contribution in [3.05, 3.63) is 66.0 Å². The number of benzene rings is 1. The fourth-order valence-electron chi connectivity index (χ4n) is 2.97. The lowest BCUT2D eigenvalue weighted by Gasteiger charge is -2.06. The van der Waals surface area contributed by atoms with Gasteiger partial charge < -0.3 is 10.3 Å². The van der Waals surface area contributed by atoms with E-state index in [2.05, 4.69) is 64.7 Å². The Labute approximate surface area is 160 Å². The summed E-state index contributed by atoms with van der Waals surface area (Å²) >= 11 is 0. The van der Waals surface area contributed by atoms with Crippen molar-refractivity contribution in [2.45, 2.75) is 33.6 Å². The number of H-pyrrole nitrogens is 1. The lowest BCUT2D eigenvalue weighted by atomic mass is 10.00. The molecule has 0 aliphatic rings. The molecule has 0 unspecified atom stereocenters. The highest BCUT2D eigenvalue weighted by Gasteiger charge is 2.08. The Morgan fingerprint density at radius 1 is 1.26 bits per heavy atom. The Balaban J connectivity index is 1.91. The van der Waals surface area contributed by atoms with Gasteiger partial charge in [-0.15, -0.1) is 0 Å². The number of anilines is 2. The molecule has 27 heavy (non-hydrogen) atoms. The highest BCUT2D eigenvalue weighted by molar-refractivity contribution is 5.92. The fourth-order valence-corrected chi connectivity index (χ4v) is 2.97. The SMILES string of the molecule is C=CN=C/C(CC)=C(\C)c1ccc2nc(Nc3cc(CC)ccn3)[nH]c2c1. The molecule has 0 amide bonds. The zero-order valence-corrected chi connectivity index (χ0v) is 16.1. The molecule has 2 N–H and O–H groups in total. The van der Waals surface area contributed by atoms with Crippen LogP contribution in [0, 0.1) is 0 Å². The average Bonchev–Trinajstić information content (AvgIpc) is 3.09. The van der Waals surface area contributed by atoms with Crippen molar-refractivity contribution < 1.29 is 0 Å². The third-order valence-electron chi connectivity index (χ3n) is 4.59. The molecule has 2 heterocycles. The molecule has 0 aliphatic heterocycles. The predicted molar refractivity (Wildman–Crippen MR) is 115 cm³/mol. The normalized spacial score (nSPS) is 12.4. The Morgan fingerprint density at radius 2 is 2.11 bits per heavy atom. The van der Waals surface area contributed by atoms with E-state index >= 15 is 0 Å². The van der Waals surface area contributed by atoms with Gasteiger partial charge in [0.2, 0.25) is 5.95 Å². The number of hydrogen-bond acceptors (Lipinski definition) is 4. The van der Waals surface area contributed by atoms with Crippen LogP contribution >= 0.6 is 0 Å². The minimum atomic E-state index is 0.688. The van der Waals surface area contributed by atoms with Gasteiger partial charge in [-0.2, -0.15) is 0 Å². The molecular weight excluding hydrogens is 334 g/mol. The first-order chi connectivity index (χ1) is 13.1. The number of fused-ring (bicyclic) bond motifs is 1. The van der Waals surface area contributed by atoms with Crippen molar-refractivity contribution in [1.82, 2.24) is 15.0 Å². The smallest absolute Gasteiger partial charge is 0.206 e. The second-order valence-corrected chi connectivity index (χ2v) is 6.31. The number of aliphatic imine (C=N–C) groups is 1. The predicted octanol–water partition coefficient (Wildman–Crippen LogP) is 5.66. The monoisotopic (exact) mass is 359 g/mol. The van der Waals surface area contributed by atoms with Crippen molar-refractivity contribution in [2.24, 2.45) is 4.99 Å². The number of pyridine rings is 1. The van der Waals surface area contributed by atoms with Crippen LogP contribution in [-0.2, 0) is 6.42 Å². The topological polar surface area (TPSA) is 66.0 Å². The number of nitrogens with one attached hydrogen (secondary N) is 2. The summed E-state index contributed by atoms with van der Waals surface area (Å²) in [6, 6.07) is 10.3. The number of aromatic nitrogens is 3. The van der Waals surface area contributed by atoms with Crippen LogP contribution in [0.4, 0.5) is 11.8 Å². The summed E-state index contributed by atoms with van der Waals surface area (Å²) in [5, 5.41) is 3.26.